The van der Waals surface area contributed by atoms with Crippen LogP contribution in [0.5, 0.6) is 0 Å². The number of benzene rings is 1. The Morgan fingerprint density at radius 3 is 2.48 bits per heavy atom. The number of amides is 1. The minimum atomic E-state index is -0.132. The van der Waals surface area contributed by atoms with E-state index < -0.39 is 0 Å². The van der Waals surface area contributed by atoms with Gasteiger partial charge in [-0.15, -0.1) is 11.3 Å². The fraction of sp³-hybridized carbons (Fsp3) is 0.312. The Hall–Kier alpha value is -2.01. The van der Waals surface area contributed by atoms with Gasteiger partial charge in [0.05, 0.1) is 10.7 Å². The lowest BCUT2D eigenvalue weighted by Gasteiger charge is -2.04. The summed E-state index contributed by atoms with van der Waals surface area (Å²) >= 11 is 1.49. The number of thiazole rings is 1. The molecule has 0 bridgehead atoms. The van der Waals surface area contributed by atoms with Crippen molar-refractivity contribution < 1.29 is 9.59 Å². The van der Waals surface area contributed by atoms with Crippen LogP contribution in [0.4, 0.5) is 5.69 Å². The Labute approximate surface area is 127 Å². The molecule has 21 heavy (non-hydrogen) atoms. The number of nitrogens with one attached hydrogen (secondary N) is 1. The summed E-state index contributed by atoms with van der Waals surface area (Å²) in [6.07, 6.45) is 2.36. The molecule has 1 aliphatic rings. The molecule has 1 amide bonds. The van der Waals surface area contributed by atoms with Gasteiger partial charge < -0.3 is 5.32 Å². The van der Waals surface area contributed by atoms with E-state index in [1.54, 1.807) is 24.3 Å². The second-order valence-electron chi connectivity index (χ2n) is 5.33. The Bertz CT molecular complexity index is 700. The van der Waals surface area contributed by atoms with E-state index >= 15 is 0 Å². The molecule has 0 atom stereocenters. The number of carbonyl (C=O) groups excluding carboxylic acids is 2. The number of anilines is 1. The zero-order chi connectivity index (χ0) is 15.0. The van der Waals surface area contributed by atoms with Gasteiger partial charge >= 0.3 is 0 Å². The van der Waals surface area contributed by atoms with E-state index in [0.29, 0.717) is 22.0 Å². The number of hydrogen-bond donors (Lipinski definition) is 1. The van der Waals surface area contributed by atoms with Crippen molar-refractivity contribution in [3.05, 3.63) is 45.4 Å². The summed E-state index contributed by atoms with van der Waals surface area (Å²) in [7, 11) is 0. The highest BCUT2D eigenvalue weighted by Gasteiger charge is 2.28. The Morgan fingerprint density at radius 1 is 1.24 bits per heavy atom. The summed E-state index contributed by atoms with van der Waals surface area (Å²) in [5, 5.41) is 3.93. The van der Waals surface area contributed by atoms with Crippen molar-refractivity contribution in [2.24, 2.45) is 0 Å². The number of nitrogens with zero attached hydrogens (tertiary/aromatic N) is 1. The van der Waals surface area contributed by atoms with Gasteiger partial charge in [-0.2, -0.15) is 0 Å². The first kappa shape index (κ1) is 13.9. The van der Waals surface area contributed by atoms with E-state index in [1.165, 1.54) is 31.1 Å². The van der Waals surface area contributed by atoms with Gasteiger partial charge in [-0.05, 0) is 51.0 Å². The highest BCUT2D eigenvalue weighted by atomic mass is 32.1. The third-order valence-corrected chi connectivity index (χ3v) is 4.81. The predicted octanol–water partition coefficient (Wildman–Crippen LogP) is 3.78. The van der Waals surface area contributed by atoms with Crippen LogP contribution >= 0.6 is 11.3 Å². The van der Waals surface area contributed by atoms with Gasteiger partial charge in [0.1, 0.15) is 4.88 Å². The number of Topliss-reactive ketones (excluding diaryl/α,β-unsaturated/α-hetero) is 1. The van der Waals surface area contributed by atoms with Crippen LogP contribution in [0.3, 0.4) is 0 Å². The molecule has 1 fully saturated rings. The van der Waals surface area contributed by atoms with Gasteiger partial charge in [0.25, 0.3) is 5.91 Å². The molecule has 3 rings (SSSR count). The summed E-state index contributed by atoms with van der Waals surface area (Å²) in [6.45, 7) is 3.39. The van der Waals surface area contributed by atoms with Gasteiger partial charge in [-0.25, -0.2) is 4.98 Å². The zero-order valence-electron chi connectivity index (χ0n) is 12.0. The molecule has 1 heterocycles. The zero-order valence-corrected chi connectivity index (χ0v) is 12.8. The average Bonchev–Trinajstić information content (AvgIpc) is 3.22. The van der Waals surface area contributed by atoms with Crippen molar-refractivity contribution in [2.45, 2.75) is 32.6 Å². The maximum atomic E-state index is 12.3. The number of carbonyl (C=O) groups is 2. The molecule has 1 aliphatic carbocycles. The Kier molecular flexibility index (Phi) is 3.59. The van der Waals surface area contributed by atoms with Crippen LogP contribution in [0.1, 0.15) is 56.4 Å². The van der Waals surface area contributed by atoms with Crippen molar-refractivity contribution in [1.82, 2.24) is 4.98 Å². The number of aryl methyl sites for hydroxylation is 1. The molecule has 108 valence electrons. The number of aromatic nitrogens is 1. The summed E-state index contributed by atoms with van der Waals surface area (Å²) < 4.78 is 0. The quantitative estimate of drug-likeness (QED) is 0.874. The van der Waals surface area contributed by atoms with Gasteiger partial charge in [0.2, 0.25) is 0 Å². The van der Waals surface area contributed by atoms with Crippen molar-refractivity contribution >= 4 is 28.7 Å². The smallest absolute Gasteiger partial charge is 0.267 e. The van der Waals surface area contributed by atoms with Crippen LogP contribution in [0.25, 0.3) is 0 Å². The van der Waals surface area contributed by atoms with Crippen molar-refractivity contribution in [2.75, 3.05) is 5.32 Å². The number of ketones is 1. The molecule has 5 heteroatoms. The summed E-state index contributed by atoms with van der Waals surface area (Å²) in [6, 6.07) is 6.92. The normalized spacial score (nSPS) is 14.0. The SMILES string of the molecule is CC(=O)c1ccc(NC(=O)c2sc(C3CC3)nc2C)cc1. The van der Waals surface area contributed by atoms with Crippen LogP contribution in [-0.4, -0.2) is 16.7 Å². The van der Waals surface area contributed by atoms with Crippen LogP contribution in [-0.2, 0) is 0 Å². The number of hydrogen-bond acceptors (Lipinski definition) is 4. The highest BCUT2D eigenvalue weighted by Crippen LogP contribution is 2.42. The molecule has 0 aliphatic heterocycles. The standard InChI is InChI=1S/C16H16N2O2S/c1-9-14(21-16(17-9)12-3-4-12)15(20)18-13-7-5-11(6-8-13)10(2)19/h5-8,12H,3-4H2,1-2H3,(H,18,20). The van der Waals surface area contributed by atoms with Crippen LogP contribution in [0.15, 0.2) is 24.3 Å². The van der Waals surface area contributed by atoms with Gasteiger partial charge in [-0.3, -0.25) is 9.59 Å². The summed E-state index contributed by atoms with van der Waals surface area (Å²) in [5.41, 5.74) is 2.11. The molecule has 1 aromatic heterocycles. The lowest BCUT2D eigenvalue weighted by Crippen LogP contribution is -2.11. The third-order valence-electron chi connectivity index (χ3n) is 3.50. The molecule has 0 unspecified atom stereocenters. The summed E-state index contributed by atoms with van der Waals surface area (Å²) in [5.74, 6) is 0.442. The molecule has 2 aromatic rings. The predicted molar refractivity (Wildman–Crippen MR) is 83.2 cm³/mol. The first-order valence-corrected chi connectivity index (χ1v) is 7.76. The summed E-state index contributed by atoms with van der Waals surface area (Å²) in [4.78, 5) is 28.7. The Balaban J connectivity index is 1.74. The van der Waals surface area contributed by atoms with Crippen LogP contribution < -0.4 is 5.32 Å². The lowest BCUT2D eigenvalue weighted by atomic mass is 10.1. The van der Waals surface area contributed by atoms with Crippen molar-refractivity contribution in [1.29, 1.82) is 0 Å². The topological polar surface area (TPSA) is 59.1 Å². The molecule has 1 N–H and O–H groups in total. The fourth-order valence-electron chi connectivity index (χ4n) is 2.11. The Morgan fingerprint density at radius 2 is 1.90 bits per heavy atom. The van der Waals surface area contributed by atoms with Crippen LogP contribution in [0.2, 0.25) is 0 Å². The second kappa shape index (κ2) is 5.41. The van der Waals surface area contributed by atoms with E-state index in [4.69, 9.17) is 0 Å². The van der Waals surface area contributed by atoms with Crippen molar-refractivity contribution in [3.8, 4) is 0 Å². The molecule has 0 spiro atoms. The van der Waals surface area contributed by atoms with Gasteiger partial charge in [-0.1, -0.05) is 0 Å². The maximum absolute atomic E-state index is 12.3. The van der Waals surface area contributed by atoms with Gasteiger partial charge in [0, 0.05) is 17.2 Å². The van der Waals surface area contributed by atoms with Gasteiger partial charge in [0.15, 0.2) is 5.78 Å². The van der Waals surface area contributed by atoms with E-state index in [0.717, 1.165) is 10.7 Å². The lowest BCUT2D eigenvalue weighted by molar-refractivity contribution is 0.101. The highest BCUT2D eigenvalue weighted by molar-refractivity contribution is 7.14. The molecule has 0 radical (unpaired) electrons. The van der Waals surface area contributed by atoms with E-state index in [2.05, 4.69) is 10.3 Å². The maximum Gasteiger partial charge on any atom is 0.267 e. The average molecular weight is 300 g/mol. The monoisotopic (exact) mass is 300 g/mol. The molecule has 1 aromatic carbocycles. The van der Waals surface area contributed by atoms with E-state index in [-0.39, 0.29) is 11.7 Å². The van der Waals surface area contributed by atoms with E-state index in [9.17, 15) is 9.59 Å². The minimum Gasteiger partial charge on any atom is -0.321 e. The number of rotatable bonds is 4. The van der Waals surface area contributed by atoms with Crippen LogP contribution in [0, 0.1) is 6.92 Å². The van der Waals surface area contributed by atoms with Crippen molar-refractivity contribution in [3.63, 3.8) is 0 Å². The first-order chi connectivity index (χ1) is 10.0. The minimum absolute atomic E-state index is 0.0141. The molecule has 1 saturated carbocycles. The largest absolute Gasteiger partial charge is 0.321 e. The first-order valence-electron chi connectivity index (χ1n) is 6.94. The second-order valence-corrected chi connectivity index (χ2v) is 6.36. The molecular formula is C16H16N2O2S. The van der Waals surface area contributed by atoms with E-state index in [1.807, 2.05) is 6.92 Å². The molecular weight excluding hydrogens is 284 g/mol. The third kappa shape index (κ3) is 3.03. The fourth-order valence-corrected chi connectivity index (χ4v) is 3.24. The molecule has 4 nitrogen and oxygen atoms in total. The molecule has 0 saturated heterocycles.